The van der Waals surface area contributed by atoms with Gasteiger partial charge in [-0.3, -0.25) is 9.78 Å². The molecule has 1 fully saturated rings. The molecule has 6 heteroatoms. The largest absolute Gasteiger partial charge is 0.371 e. The minimum absolute atomic E-state index is 0.0368. The normalized spacial score (nSPS) is 17.5. The van der Waals surface area contributed by atoms with Crippen LogP contribution in [0.1, 0.15) is 50.8 Å². The fourth-order valence-corrected chi connectivity index (χ4v) is 3.43. The maximum absolute atomic E-state index is 12.7. The summed E-state index contributed by atoms with van der Waals surface area (Å²) >= 11 is 0. The van der Waals surface area contributed by atoms with Crippen molar-refractivity contribution < 1.29 is 4.79 Å². The summed E-state index contributed by atoms with van der Waals surface area (Å²) in [5.41, 5.74) is 1.68. The van der Waals surface area contributed by atoms with Gasteiger partial charge in [-0.1, -0.05) is 25.3 Å². The molecule has 6 nitrogen and oxygen atoms in total. The van der Waals surface area contributed by atoms with Crippen molar-refractivity contribution in [3.05, 3.63) is 48.8 Å². The summed E-state index contributed by atoms with van der Waals surface area (Å²) in [6, 6.07) is 5.48. The molecule has 2 aromatic heterocycles. The lowest BCUT2D eigenvalue weighted by Crippen LogP contribution is -2.42. The van der Waals surface area contributed by atoms with Gasteiger partial charge in [0.2, 0.25) is 5.91 Å². The van der Waals surface area contributed by atoms with Gasteiger partial charge in [-0.25, -0.2) is 9.97 Å². The Labute approximate surface area is 148 Å². The summed E-state index contributed by atoms with van der Waals surface area (Å²) < 4.78 is 0. The molecule has 3 rings (SSSR count). The first-order valence-electron chi connectivity index (χ1n) is 8.97. The molecule has 2 atom stereocenters. The number of carbonyl (C=O) groups excluding carboxylic acids is 1. The van der Waals surface area contributed by atoms with Gasteiger partial charge in [0.15, 0.2) is 0 Å². The lowest BCUT2D eigenvalue weighted by atomic mass is 9.82. The van der Waals surface area contributed by atoms with Gasteiger partial charge < -0.3 is 10.6 Å². The number of amides is 1. The van der Waals surface area contributed by atoms with Crippen LogP contribution in [-0.2, 0) is 4.79 Å². The Morgan fingerprint density at radius 3 is 2.60 bits per heavy atom. The predicted molar refractivity (Wildman–Crippen MR) is 96.8 cm³/mol. The van der Waals surface area contributed by atoms with Crippen molar-refractivity contribution in [2.75, 3.05) is 5.32 Å². The fourth-order valence-electron chi connectivity index (χ4n) is 3.43. The number of nitrogens with zero attached hydrogens (tertiary/aromatic N) is 3. The van der Waals surface area contributed by atoms with Crippen molar-refractivity contribution in [1.82, 2.24) is 20.3 Å². The monoisotopic (exact) mass is 339 g/mol. The van der Waals surface area contributed by atoms with E-state index in [1.165, 1.54) is 25.6 Å². The first-order valence-corrected chi connectivity index (χ1v) is 8.97. The van der Waals surface area contributed by atoms with Crippen molar-refractivity contribution in [3.8, 4) is 0 Å². The van der Waals surface area contributed by atoms with Crippen LogP contribution in [0.5, 0.6) is 0 Å². The first-order chi connectivity index (χ1) is 12.2. The zero-order valence-corrected chi connectivity index (χ0v) is 14.6. The second kappa shape index (κ2) is 8.55. The average molecular weight is 339 g/mol. The molecular formula is C19H25N5O. The number of pyridine rings is 1. The number of carbonyl (C=O) groups is 1. The van der Waals surface area contributed by atoms with Crippen molar-refractivity contribution in [2.45, 2.75) is 51.1 Å². The number of aromatic nitrogens is 3. The molecule has 2 aromatic rings. The molecule has 25 heavy (non-hydrogen) atoms. The molecule has 0 spiro atoms. The minimum atomic E-state index is -0.374. The molecule has 0 aliphatic heterocycles. The second-order valence-electron chi connectivity index (χ2n) is 6.63. The quantitative estimate of drug-likeness (QED) is 0.845. The van der Waals surface area contributed by atoms with Crippen LogP contribution in [0.2, 0.25) is 0 Å². The molecular weight excluding hydrogens is 314 g/mol. The van der Waals surface area contributed by atoms with Gasteiger partial charge in [-0.05, 0) is 37.8 Å². The number of hydrogen-bond donors (Lipinski definition) is 2. The number of hydrogen-bond acceptors (Lipinski definition) is 5. The molecule has 0 aromatic carbocycles. The van der Waals surface area contributed by atoms with Crippen molar-refractivity contribution in [1.29, 1.82) is 0 Å². The van der Waals surface area contributed by atoms with Crippen LogP contribution in [0.3, 0.4) is 0 Å². The summed E-state index contributed by atoms with van der Waals surface area (Å²) in [6.45, 7) is 1.85. The summed E-state index contributed by atoms with van der Waals surface area (Å²) in [6.07, 6.45) is 12.6. The van der Waals surface area contributed by atoms with E-state index in [0.717, 1.165) is 24.2 Å². The van der Waals surface area contributed by atoms with E-state index >= 15 is 0 Å². The van der Waals surface area contributed by atoms with Crippen molar-refractivity contribution >= 4 is 11.6 Å². The highest BCUT2D eigenvalue weighted by molar-refractivity contribution is 5.84. The molecule has 2 heterocycles. The Kier molecular flexibility index (Phi) is 5.93. The fraction of sp³-hybridized carbons (Fsp3) is 0.474. The summed E-state index contributed by atoms with van der Waals surface area (Å²) in [5, 5.41) is 6.36. The molecule has 132 valence electrons. The highest BCUT2D eigenvalue weighted by atomic mass is 16.2. The van der Waals surface area contributed by atoms with Crippen LogP contribution in [0.25, 0.3) is 0 Å². The molecule has 2 N–H and O–H groups in total. The van der Waals surface area contributed by atoms with E-state index in [2.05, 4.69) is 25.6 Å². The second-order valence-corrected chi connectivity index (χ2v) is 6.63. The van der Waals surface area contributed by atoms with E-state index in [-0.39, 0.29) is 18.0 Å². The average Bonchev–Trinajstić information content (AvgIpc) is 2.68. The number of rotatable bonds is 6. The highest BCUT2D eigenvalue weighted by Crippen LogP contribution is 2.33. The lowest BCUT2D eigenvalue weighted by molar-refractivity contribution is -0.122. The minimum Gasteiger partial charge on any atom is -0.371 e. The van der Waals surface area contributed by atoms with Crippen molar-refractivity contribution in [3.63, 3.8) is 0 Å². The summed E-state index contributed by atoms with van der Waals surface area (Å²) in [4.78, 5) is 25.2. The third-order valence-electron chi connectivity index (χ3n) is 4.76. The zero-order chi connectivity index (χ0) is 17.5. The Balaban J connectivity index is 1.69. The molecule has 1 amide bonds. The van der Waals surface area contributed by atoms with E-state index in [1.54, 1.807) is 18.6 Å². The Bertz CT molecular complexity index is 658. The van der Waals surface area contributed by atoms with E-state index < -0.39 is 0 Å². The molecule has 0 radical (unpaired) electrons. The standard InChI is InChI=1S/C19H25N5O/c1-14(23-16-11-20-13-21-12-16)19(25)24-18(15-7-3-2-4-8-15)17-9-5-6-10-22-17/h5-6,9-15,18,23H,2-4,7-8H2,1H3,(H,24,25). The maximum atomic E-state index is 12.7. The maximum Gasteiger partial charge on any atom is 0.242 e. The van der Waals surface area contributed by atoms with Gasteiger partial charge in [-0.15, -0.1) is 0 Å². The number of anilines is 1. The topological polar surface area (TPSA) is 79.8 Å². The van der Waals surface area contributed by atoms with Crippen molar-refractivity contribution in [2.24, 2.45) is 5.92 Å². The Morgan fingerprint density at radius 1 is 1.16 bits per heavy atom. The van der Waals surface area contributed by atoms with E-state index in [4.69, 9.17) is 0 Å². The molecule has 1 aliphatic carbocycles. The van der Waals surface area contributed by atoms with E-state index in [1.807, 2.05) is 25.1 Å². The summed E-state index contributed by atoms with van der Waals surface area (Å²) in [7, 11) is 0. The van der Waals surface area contributed by atoms with Crippen LogP contribution in [0, 0.1) is 5.92 Å². The molecule has 1 saturated carbocycles. The van der Waals surface area contributed by atoms with Crippen LogP contribution in [0.4, 0.5) is 5.69 Å². The van der Waals surface area contributed by atoms with Gasteiger partial charge in [0.05, 0.1) is 29.8 Å². The third-order valence-corrected chi connectivity index (χ3v) is 4.76. The molecule has 1 aliphatic rings. The van der Waals surface area contributed by atoms with E-state index in [9.17, 15) is 4.79 Å². The van der Waals surface area contributed by atoms with Gasteiger partial charge in [0, 0.05) is 6.20 Å². The smallest absolute Gasteiger partial charge is 0.242 e. The van der Waals surface area contributed by atoms with Crippen LogP contribution in [0.15, 0.2) is 43.1 Å². The Hall–Kier alpha value is -2.50. The first kappa shape index (κ1) is 17.3. The predicted octanol–water partition coefficient (Wildman–Crippen LogP) is 3.11. The van der Waals surface area contributed by atoms with Gasteiger partial charge >= 0.3 is 0 Å². The van der Waals surface area contributed by atoms with Gasteiger partial charge in [-0.2, -0.15) is 0 Å². The number of nitrogens with one attached hydrogen (secondary N) is 2. The third kappa shape index (κ3) is 4.75. The van der Waals surface area contributed by atoms with Crippen LogP contribution in [-0.4, -0.2) is 26.9 Å². The SMILES string of the molecule is CC(Nc1cncnc1)C(=O)NC(c1ccccn1)C1CCCCC1. The molecule has 0 bridgehead atoms. The zero-order valence-electron chi connectivity index (χ0n) is 14.6. The molecule has 2 unspecified atom stereocenters. The molecule has 0 saturated heterocycles. The van der Waals surface area contributed by atoms with E-state index in [0.29, 0.717) is 5.92 Å². The summed E-state index contributed by atoms with van der Waals surface area (Å²) in [5.74, 6) is 0.407. The van der Waals surface area contributed by atoms with Crippen LogP contribution >= 0.6 is 0 Å². The van der Waals surface area contributed by atoms with Gasteiger partial charge in [0.25, 0.3) is 0 Å². The van der Waals surface area contributed by atoms with Crippen LogP contribution < -0.4 is 10.6 Å². The van der Waals surface area contributed by atoms with Gasteiger partial charge in [0.1, 0.15) is 12.4 Å². The Morgan fingerprint density at radius 2 is 1.92 bits per heavy atom. The highest BCUT2D eigenvalue weighted by Gasteiger charge is 2.28. The lowest BCUT2D eigenvalue weighted by Gasteiger charge is -2.31.